The van der Waals surface area contributed by atoms with Gasteiger partial charge in [0.05, 0.1) is 13.4 Å². The molecule has 21 heavy (non-hydrogen) atoms. The zero-order valence-electron chi connectivity index (χ0n) is 10.5. The van der Waals surface area contributed by atoms with E-state index in [1.807, 2.05) is 45.2 Å². The predicted octanol–water partition coefficient (Wildman–Crippen LogP) is 3.50. The number of hydrazone groups is 1. The molecule has 0 aliphatic carbocycles. The van der Waals surface area contributed by atoms with Gasteiger partial charge >= 0.3 is 0 Å². The molecule has 0 fully saturated rings. The molecule has 0 bridgehead atoms. The number of amides is 1. The fourth-order valence-electron chi connectivity index (χ4n) is 1.52. The van der Waals surface area contributed by atoms with Crippen LogP contribution >= 0.6 is 45.2 Å². The Labute approximate surface area is 147 Å². The smallest absolute Gasteiger partial charge is 0.271 e. The number of nitrogens with zero attached hydrogens (tertiary/aromatic N) is 1. The quantitative estimate of drug-likeness (QED) is 0.378. The monoisotopic (exact) mass is 510 g/mol. The van der Waals surface area contributed by atoms with Gasteiger partial charge in [0.2, 0.25) is 0 Å². The minimum absolute atomic E-state index is 0.196. The molecule has 0 radical (unpaired) electrons. The van der Waals surface area contributed by atoms with Gasteiger partial charge in [-0.3, -0.25) is 4.79 Å². The van der Waals surface area contributed by atoms with Crippen LogP contribution in [0.5, 0.6) is 5.75 Å². The fraction of sp³-hybridized carbons (Fsp3) is 0. The zero-order valence-corrected chi connectivity index (χ0v) is 14.8. The number of nitrogens with one attached hydrogen (secondary N) is 1. The maximum Gasteiger partial charge on any atom is 0.271 e. The molecule has 0 atom stereocenters. The summed E-state index contributed by atoms with van der Waals surface area (Å²) in [7, 11) is 0. The van der Waals surface area contributed by atoms with Crippen LogP contribution in [-0.2, 0) is 0 Å². The van der Waals surface area contributed by atoms with Crippen molar-refractivity contribution in [2.75, 3.05) is 0 Å². The van der Waals surface area contributed by atoms with E-state index in [1.165, 1.54) is 24.4 Å². The van der Waals surface area contributed by atoms with Crippen LogP contribution in [-0.4, -0.2) is 17.2 Å². The second-order valence-corrected chi connectivity index (χ2v) is 6.37. The number of hydrogen-bond donors (Lipinski definition) is 2. The van der Waals surface area contributed by atoms with Gasteiger partial charge in [-0.15, -0.1) is 0 Å². The summed E-state index contributed by atoms with van der Waals surface area (Å²) in [5, 5.41) is 13.5. The van der Waals surface area contributed by atoms with Gasteiger partial charge < -0.3 is 5.11 Å². The van der Waals surface area contributed by atoms with Crippen molar-refractivity contribution in [1.29, 1.82) is 0 Å². The highest BCUT2D eigenvalue weighted by Gasteiger charge is 2.06. The van der Waals surface area contributed by atoms with E-state index in [9.17, 15) is 14.3 Å². The highest BCUT2D eigenvalue weighted by atomic mass is 127. The number of benzene rings is 2. The Morgan fingerprint density at radius 2 is 1.90 bits per heavy atom. The first-order valence-electron chi connectivity index (χ1n) is 5.74. The Hall–Kier alpha value is -1.23. The summed E-state index contributed by atoms with van der Waals surface area (Å²) in [4.78, 5) is 11.7. The van der Waals surface area contributed by atoms with E-state index in [1.54, 1.807) is 12.1 Å². The predicted molar refractivity (Wildman–Crippen MR) is 95.0 cm³/mol. The summed E-state index contributed by atoms with van der Waals surface area (Å²) in [5.41, 5.74) is 3.26. The molecule has 2 aromatic carbocycles. The standard InChI is InChI=1S/C14H9FI2N2O2/c15-10-3-1-2-9(6-10)14(21)19-18-7-8-4-11(16)13(20)12(17)5-8/h1-7,20H,(H,19,21). The van der Waals surface area contributed by atoms with Crippen molar-refractivity contribution in [2.24, 2.45) is 5.10 Å². The Morgan fingerprint density at radius 3 is 2.52 bits per heavy atom. The summed E-state index contributed by atoms with van der Waals surface area (Å²) in [6.07, 6.45) is 1.46. The largest absolute Gasteiger partial charge is 0.506 e. The van der Waals surface area contributed by atoms with Gasteiger partial charge in [-0.25, -0.2) is 9.82 Å². The van der Waals surface area contributed by atoms with Crippen LogP contribution in [0.3, 0.4) is 0 Å². The molecule has 4 nitrogen and oxygen atoms in total. The van der Waals surface area contributed by atoms with Crippen LogP contribution in [0.4, 0.5) is 4.39 Å². The van der Waals surface area contributed by atoms with E-state index < -0.39 is 11.7 Å². The summed E-state index contributed by atoms with van der Waals surface area (Å²) in [5.74, 6) is -0.750. The molecule has 0 aliphatic heterocycles. The van der Waals surface area contributed by atoms with Crippen LogP contribution in [0.15, 0.2) is 41.5 Å². The molecule has 7 heteroatoms. The van der Waals surface area contributed by atoms with Crippen LogP contribution in [0, 0.1) is 13.0 Å². The summed E-state index contributed by atoms with van der Waals surface area (Å²) in [6, 6.07) is 8.82. The average molecular weight is 510 g/mol. The molecule has 2 aromatic rings. The second-order valence-electron chi connectivity index (χ2n) is 4.04. The third-order valence-electron chi connectivity index (χ3n) is 2.51. The lowest BCUT2D eigenvalue weighted by molar-refractivity contribution is 0.0954. The number of phenols is 1. The molecule has 108 valence electrons. The maximum absolute atomic E-state index is 13.0. The number of phenolic OH excluding ortho intramolecular Hbond substituents is 1. The summed E-state index contributed by atoms with van der Waals surface area (Å²) < 4.78 is 14.4. The first-order valence-corrected chi connectivity index (χ1v) is 7.90. The van der Waals surface area contributed by atoms with Crippen molar-refractivity contribution >= 4 is 57.3 Å². The fourth-order valence-corrected chi connectivity index (χ4v) is 3.34. The van der Waals surface area contributed by atoms with E-state index in [4.69, 9.17) is 0 Å². The Balaban J connectivity index is 2.07. The first kappa shape index (κ1) is 16.1. The van der Waals surface area contributed by atoms with Gasteiger partial charge in [0.15, 0.2) is 0 Å². The lowest BCUT2D eigenvalue weighted by Gasteiger charge is -2.02. The summed E-state index contributed by atoms with van der Waals surface area (Å²) in [6.45, 7) is 0. The van der Waals surface area contributed by atoms with E-state index in [0.29, 0.717) is 7.14 Å². The van der Waals surface area contributed by atoms with Gasteiger partial charge in [-0.1, -0.05) is 6.07 Å². The van der Waals surface area contributed by atoms with Crippen LogP contribution < -0.4 is 5.43 Å². The highest BCUT2D eigenvalue weighted by molar-refractivity contribution is 14.1. The SMILES string of the molecule is O=C(NN=Cc1cc(I)c(O)c(I)c1)c1cccc(F)c1. The third kappa shape index (κ3) is 4.37. The summed E-state index contributed by atoms with van der Waals surface area (Å²) >= 11 is 4.02. The van der Waals surface area contributed by atoms with Crippen molar-refractivity contribution in [3.63, 3.8) is 0 Å². The first-order chi connectivity index (χ1) is 9.97. The minimum Gasteiger partial charge on any atom is -0.506 e. The zero-order chi connectivity index (χ0) is 15.4. The van der Waals surface area contributed by atoms with Crippen LogP contribution in [0.25, 0.3) is 0 Å². The molecule has 0 spiro atoms. The van der Waals surface area contributed by atoms with Gasteiger partial charge in [-0.05, 0) is 81.1 Å². The maximum atomic E-state index is 13.0. The molecule has 2 N–H and O–H groups in total. The van der Waals surface area contributed by atoms with Crippen molar-refractivity contribution in [1.82, 2.24) is 5.43 Å². The lowest BCUT2D eigenvalue weighted by Crippen LogP contribution is -2.17. The average Bonchev–Trinajstić information content (AvgIpc) is 2.44. The number of hydrogen-bond acceptors (Lipinski definition) is 3. The Morgan fingerprint density at radius 1 is 1.24 bits per heavy atom. The highest BCUT2D eigenvalue weighted by Crippen LogP contribution is 2.26. The Kier molecular flexibility index (Phi) is 5.51. The molecule has 0 aliphatic rings. The van der Waals surface area contributed by atoms with Crippen molar-refractivity contribution in [3.05, 3.63) is 60.5 Å². The van der Waals surface area contributed by atoms with Gasteiger partial charge in [0.1, 0.15) is 11.6 Å². The minimum atomic E-state index is -0.492. The molecule has 0 saturated carbocycles. The second kappa shape index (κ2) is 7.16. The van der Waals surface area contributed by atoms with Crippen molar-refractivity contribution < 1.29 is 14.3 Å². The Bertz CT molecular complexity index is 697. The molecule has 2 rings (SSSR count). The third-order valence-corrected chi connectivity index (χ3v) is 4.15. The number of carbonyl (C=O) groups excluding carboxylic acids is 1. The lowest BCUT2D eigenvalue weighted by atomic mass is 10.2. The number of carbonyl (C=O) groups is 1. The molecule has 1 amide bonds. The molecule has 0 heterocycles. The molecule has 0 saturated heterocycles. The van der Waals surface area contributed by atoms with Crippen LogP contribution in [0.2, 0.25) is 0 Å². The van der Waals surface area contributed by atoms with E-state index in [2.05, 4.69) is 10.5 Å². The topological polar surface area (TPSA) is 61.7 Å². The van der Waals surface area contributed by atoms with Crippen molar-refractivity contribution in [2.45, 2.75) is 0 Å². The normalized spacial score (nSPS) is 10.8. The molecular weight excluding hydrogens is 501 g/mol. The molecule has 0 unspecified atom stereocenters. The van der Waals surface area contributed by atoms with Crippen LogP contribution in [0.1, 0.15) is 15.9 Å². The molecule has 0 aromatic heterocycles. The van der Waals surface area contributed by atoms with Gasteiger partial charge in [0.25, 0.3) is 5.91 Å². The van der Waals surface area contributed by atoms with Crippen molar-refractivity contribution in [3.8, 4) is 5.75 Å². The number of halogens is 3. The van der Waals surface area contributed by atoms with E-state index >= 15 is 0 Å². The van der Waals surface area contributed by atoms with E-state index in [-0.39, 0.29) is 11.3 Å². The number of rotatable bonds is 3. The van der Waals surface area contributed by atoms with Gasteiger partial charge in [0, 0.05) is 5.56 Å². The number of aromatic hydroxyl groups is 1. The van der Waals surface area contributed by atoms with E-state index in [0.717, 1.165) is 11.6 Å². The van der Waals surface area contributed by atoms with Gasteiger partial charge in [-0.2, -0.15) is 5.10 Å². The molecular formula is C14H9FI2N2O2.